The van der Waals surface area contributed by atoms with E-state index in [1.165, 1.54) is 0 Å². The van der Waals surface area contributed by atoms with Crippen molar-refractivity contribution in [2.75, 3.05) is 45.9 Å². The fraction of sp³-hybridized carbons (Fsp3) is 0.765. The maximum atomic E-state index is 12.6. The second-order valence-corrected chi connectivity index (χ2v) is 7.41. The average molecular weight is 353 g/mol. The molecule has 0 spiro atoms. The minimum Gasteiger partial charge on any atom is -0.372 e. The molecule has 0 radical (unpaired) electrons. The van der Waals surface area contributed by atoms with Gasteiger partial charge in [0.1, 0.15) is 11.1 Å². The van der Waals surface area contributed by atoms with E-state index in [0.717, 1.165) is 56.4 Å². The smallest absolute Gasteiger partial charge is 0.228 e. The summed E-state index contributed by atoms with van der Waals surface area (Å²) < 4.78 is 5.57. The Morgan fingerprint density at radius 3 is 3.00 bits per heavy atom. The molecule has 7 heteroatoms. The Kier molecular flexibility index (Phi) is 6.21. The SMILES string of the molecule is CCOC(C)c1nc(CC(=O)N2CCC(N3CCNCC3)C2)cs1. The molecule has 2 saturated heterocycles. The predicted molar refractivity (Wildman–Crippen MR) is 95.3 cm³/mol. The van der Waals surface area contributed by atoms with Crippen LogP contribution in [0.4, 0.5) is 0 Å². The molecule has 0 aliphatic carbocycles. The Morgan fingerprint density at radius 2 is 2.25 bits per heavy atom. The summed E-state index contributed by atoms with van der Waals surface area (Å²) >= 11 is 1.58. The molecule has 2 unspecified atom stereocenters. The first-order valence-electron chi connectivity index (χ1n) is 8.95. The molecule has 6 nitrogen and oxygen atoms in total. The summed E-state index contributed by atoms with van der Waals surface area (Å²) in [5, 5.41) is 6.34. The van der Waals surface area contributed by atoms with Crippen LogP contribution in [0.1, 0.15) is 37.1 Å². The van der Waals surface area contributed by atoms with Crippen LogP contribution in [0, 0.1) is 0 Å². The molecule has 1 aromatic heterocycles. The van der Waals surface area contributed by atoms with Gasteiger partial charge in [-0.25, -0.2) is 4.98 Å². The van der Waals surface area contributed by atoms with Crippen molar-refractivity contribution in [2.45, 2.75) is 38.8 Å². The van der Waals surface area contributed by atoms with Crippen molar-refractivity contribution >= 4 is 17.2 Å². The fourth-order valence-corrected chi connectivity index (χ4v) is 4.31. The quantitative estimate of drug-likeness (QED) is 0.836. The van der Waals surface area contributed by atoms with E-state index in [2.05, 4.69) is 15.2 Å². The lowest BCUT2D eigenvalue weighted by molar-refractivity contribution is -0.129. The summed E-state index contributed by atoms with van der Waals surface area (Å²) in [5.41, 5.74) is 0.872. The van der Waals surface area contributed by atoms with Gasteiger partial charge < -0.3 is 15.0 Å². The van der Waals surface area contributed by atoms with Gasteiger partial charge >= 0.3 is 0 Å². The number of hydrogen-bond donors (Lipinski definition) is 1. The molecule has 0 aromatic carbocycles. The molecule has 2 aliphatic rings. The lowest BCUT2D eigenvalue weighted by Crippen LogP contribution is -2.49. The predicted octanol–water partition coefficient (Wildman–Crippen LogP) is 1.29. The number of amides is 1. The number of likely N-dealkylation sites (tertiary alicyclic amines) is 1. The zero-order valence-electron chi connectivity index (χ0n) is 14.7. The van der Waals surface area contributed by atoms with Gasteiger partial charge in [-0.1, -0.05) is 0 Å². The largest absolute Gasteiger partial charge is 0.372 e. The van der Waals surface area contributed by atoms with Gasteiger partial charge in [0, 0.05) is 57.3 Å². The van der Waals surface area contributed by atoms with Gasteiger partial charge in [0.2, 0.25) is 5.91 Å². The Balaban J connectivity index is 1.50. The van der Waals surface area contributed by atoms with Gasteiger partial charge in [-0.15, -0.1) is 11.3 Å². The summed E-state index contributed by atoms with van der Waals surface area (Å²) in [6.07, 6.45) is 1.51. The molecule has 1 aromatic rings. The zero-order chi connectivity index (χ0) is 16.9. The van der Waals surface area contributed by atoms with Crippen LogP contribution in [0.3, 0.4) is 0 Å². The van der Waals surface area contributed by atoms with Gasteiger partial charge in [0.15, 0.2) is 0 Å². The molecule has 0 bridgehead atoms. The Bertz CT molecular complexity index is 544. The number of thiazole rings is 1. The maximum absolute atomic E-state index is 12.6. The summed E-state index contributed by atoms with van der Waals surface area (Å²) in [6, 6.07) is 0.528. The molecule has 2 aliphatic heterocycles. The third-order valence-electron chi connectivity index (χ3n) is 4.85. The van der Waals surface area contributed by atoms with E-state index in [1.807, 2.05) is 24.1 Å². The van der Waals surface area contributed by atoms with Crippen molar-refractivity contribution in [1.82, 2.24) is 20.1 Å². The molecule has 0 saturated carbocycles. The highest BCUT2D eigenvalue weighted by Gasteiger charge is 2.31. The lowest BCUT2D eigenvalue weighted by atomic mass is 10.2. The number of hydrogen-bond acceptors (Lipinski definition) is 6. The molecular formula is C17H28N4O2S. The van der Waals surface area contributed by atoms with Crippen molar-refractivity contribution in [2.24, 2.45) is 0 Å². The fourth-order valence-electron chi connectivity index (χ4n) is 3.49. The second-order valence-electron chi connectivity index (χ2n) is 6.52. The van der Waals surface area contributed by atoms with Crippen LogP contribution in [-0.4, -0.2) is 72.6 Å². The van der Waals surface area contributed by atoms with E-state index < -0.39 is 0 Å². The minimum absolute atomic E-state index is 0.00716. The molecule has 2 atom stereocenters. The van der Waals surface area contributed by atoms with Gasteiger partial charge in [-0.2, -0.15) is 0 Å². The number of piperazine rings is 1. The van der Waals surface area contributed by atoms with E-state index >= 15 is 0 Å². The molecule has 3 rings (SSSR count). The molecule has 1 N–H and O–H groups in total. The van der Waals surface area contributed by atoms with Crippen LogP contribution in [-0.2, 0) is 16.0 Å². The molecule has 24 heavy (non-hydrogen) atoms. The molecular weight excluding hydrogens is 324 g/mol. The van der Waals surface area contributed by atoms with Crippen LogP contribution < -0.4 is 5.32 Å². The third-order valence-corrected chi connectivity index (χ3v) is 5.90. The van der Waals surface area contributed by atoms with Gasteiger partial charge in [-0.3, -0.25) is 9.69 Å². The minimum atomic E-state index is 0.00716. The summed E-state index contributed by atoms with van der Waals surface area (Å²) in [5.74, 6) is 0.202. The topological polar surface area (TPSA) is 57.7 Å². The zero-order valence-corrected chi connectivity index (χ0v) is 15.5. The summed E-state index contributed by atoms with van der Waals surface area (Å²) in [7, 11) is 0. The number of ether oxygens (including phenoxy) is 1. The number of aromatic nitrogens is 1. The number of nitrogens with zero attached hydrogens (tertiary/aromatic N) is 3. The van der Waals surface area contributed by atoms with Crippen LogP contribution in [0.15, 0.2) is 5.38 Å². The van der Waals surface area contributed by atoms with Gasteiger partial charge in [0.25, 0.3) is 0 Å². The number of nitrogens with one attached hydrogen (secondary N) is 1. The standard InChI is InChI=1S/C17H28N4O2S/c1-3-23-13(2)17-19-14(12-24-17)10-16(22)21-7-4-15(11-21)20-8-5-18-6-9-20/h12-13,15,18H,3-11H2,1-2H3. The average Bonchev–Trinajstić information content (AvgIpc) is 3.25. The highest BCUT2D eigenvalue weighted by Crippen LogP contribution is 2.22. The van der Waals surface area contributed by atoms with Gasteiger partial charge in [0.05, 0.1) is 12.1 Å². The summed E-state index contributed by atoms with van der Waals surface area (Å²) in [6.45, 7) is 10.7. The highest BCUT2D eigenvalue weighted by atomic mass is 32.1. The number of carbonyl (C=O) groups is 1. The maximum Gasteiger partial charge on any atom is 0.228 e. The van der Waals surface area contributed by atoms with E-state index in [4.69, 9.17) is 4.74 Å². The normalized spacial score (nSPS) is 23.6. The van der Waals surface area contributed by atoms with Crippen molar-refractivity contribution in [3.63, 3.8) is 0 Å². The third kappa shape index (κ3) is 4.33. The van der Waals surface area contributed by atoms with Crippen molar-refractivity contribution in [3.05, 3.63) is 16.1 Å². The van der Waals surface area contributed by atoms with Crippen LogP contribution in [0.5, 0.6) is 0 Å². The first-order valence-corrected chi connectivity index (χ1v) is 9.83. The van der Waals surface area contributed by atoms with Crippen molar-refractivity contribution < 1.29 is 9.53 Å². The van der Waals surface area contributed by atoms with Gasteiger partial charge in [-0.05, 0) is 20.3 Å². The Hall–Kier alpha value is -1.02. The molecule has 2 fully saturated rings. The van der Waals surface area contributed by atoms with Crippen LogP contribution >= 0.6 is 11.3 Å². The molecule has 1 amide bonds. The molecule has 134 valence electrons. The van der Waals surface area contributed by atoms with Crippen molar-refractivity contribution in [3.8, 4) is 0 Å². The Morgan fingerprint density at radius 1 is 1.46 bits per heavy atom. The first-order chi connectivity index (χ1) is 11.7. The van der Waals surface area contributed by atoms with Crippen molar-refractivity contribution in [1.29, 1.82) is 0 Å². The van der Waals surface area contributed by atoms with Crippen LogP contribution in [0.25, 0.3) is 0 Å². The lowest BCUT2D eigenvalue weighted by Gasteiger charge is -2.32. The van der Waals surface area contributed by atoms with E-state index in [0.29, 0.717) is 19.1 Å². The number of rotatable bonds is 6. The summed E-state index contributed by atoms with van der Waals surface area (Å²) in [4.78, 5) is 21.7. The van der Waals surface area contributed by atoms with Crippen LogP contribution in [0.2, 0.25) is 0 Å². The number of carbonyl (C=O) groups excluding carboxylic acids is 1. The monoisotopic (exact) mass is 352 g/mol. The second kappa shape index (κ2) is 8.38. The van der Waals surface area contributed by atoms with E-state index in [1.54, 1.807) is 11.3 Å². The van der Waals surface area contributed by atoms with E-state index in [-0.39, 0.29) is 12.0 Å². The highest BCUT2D eigenvalue weighted by molar-refractivity contribution is 7.09. The molecule has 3 heterocycles. The first kappa shape index (κ1) is 17.8. The Labute approximate surface area is 148 Å². The van der Waals surface area contributed by atoms with E-state index in [9.17, 15) is 4.79 Å².